The highest BCUT2D eigenvalue weighted by Crippen LogP contribution is 2.18. The molecule has 0 aromatic carbocycles. The molecule has 0 aromatic heterocycles. The number of aliphatic carboxylic acids is 1. The van der Waals surface area contributed by atoms with Crippen LogP contribution in [0.15, 0.2) is 0 Å². The van der Waals surface area contributed by atoms with Crippen LogP contribution in [0.1, 0.15) is 13.8 Å². The van der Waals surface area contributed by atoms with Crippen molar-refractivity contribution in [2.45, 2.75) is 20.0 Å². The summed E-state index contributed by atoms with van der Waals surface area (Å²) in [4.78, 5) is 10.4. The average molecular weight is 292 g/mol. The van der Waals surface area contributed by atoms with Crippen LogP contribution >= 0.6 is 0 Å². The Morgan fingerprint density at radius 2 is 1.89 bits per heavy atom. The van der Waals surface area contributed by atoms with Crippen LogP contribution < -0.4 is 4.72 Å². The molecule has 2 N–H and O–H groups in total. The minimum atomic E-state index is -4.80. The Balaban J connectivity index is 4.88. The Hall–Kier alpha value is -0.870. The third-order valence-corrected chi connectivity index (χ3v) is 3.15. The van der Waals surface area contributed by atoms with Crippen molar-refractivity contribution in [3.63, 3.8) is 0 Å². The molecule has 0 saturated carbocycles. The maximum Gasteiger partial charge on any atom is 0.402 e. The molecule has 0 fully saturated rings. The van der Waals surface area contributed by atoms with Crippen molar-refractivity contribution in [1.82, 2.24) is 9.03 Å². The molecule has 10 heteroatoms. The number of hydrogen-bond acceptors (Lipinski definition) is 3. The van der Waals surface area contributed by atoms with Crippen molar-refractivity contribution in [2.75, 3.05) is 19.6 Å². The van der Waals surface area contributed by atoms with Crippen LogP contribution in [0.2, 0.25) is 0 Å². The lowest BCUT2D eigenvalue weighted by Gasteiger charge is -2.22. The predicted octanol–water partition coefficient (Wildman–Crippen LogP) is 0.426. The van der Waals surface area contributed by atoms with Crippen LogP contribution in [0.5, 0.6) is 0 Å². The van der Waals surface area contributed by atoms with E-state index in [0.717, 1.165) is 0 Å². The molecular formula is C8H15F3N2O4S. The normalized spacial score (nSPS) is 13.3. The Kier molecular flexibility index (Phi) is 6.04. The van der Waals surface area contributed by atoms with Crippen molar-refractivity contribution >= 4 is 16.2 Å². The molecule has 108 valence electrons. The molecular weight excluding hydrogens is 277 g/mol. The first-order chi connectivity index (χ1) is 7.94. The number of alkyl halides is 3. The van der Waals surface area contributed by atoms with Crippen molar-refractivity contribution in [3.8, 4) is 0 Å². The van der Waals surface area contributed by atoms with Gasteiger partial charge >= 0.3 is 12.1 Å². The van der Waals surface area contributed by atoms with Crippen LogP contribution in [-0.2, 0) is 15.0 Å². The lowest BCUT2D eigenvalue weighted by atomic mass is 10.2. The number of carbonyl (C=O) groups is 1. The second kappa shape index (κ2) is 6.34. The van der Waals surface area contributed by atoms with Gasteiger partial charge in [0.25, 0.3) is 10.2 Å². The summed E-state index contributed by atoms with van der Waals surface area (Å²) < 4.78 is 61.2. The van der Waals surface area contributed by atoms with Crippen LogP contribution in [0.4, 0.5) is 13.2 Å². The Bertz CT molecular complexity index is 380. The van der Waals surface area contributed by atoms with E-state index in [1.165, 1.54) is 0 Å². The maximum absolute atomic E-state index is 12.2. The summed E-state index contributed by atoms with van der Waals surface area (Å²) in [5.41, 5.74) is 0. The number of rotatable bonds is 7. The smallest absolute Gasteiger partial charge is 0.402 e. The fourth-order valence-corrected chi connectivity index (χ4v) is 2.26. The molecule has 0 unspecified atom stereocenters. The van der Waals surface area contributed by atoms with E-state index in [2.05, 4.69) is 0 Å². The molecule has 0 atom stereocenters. The van der Waals surface area contributed by atoms with Gasteiger partial charge in [-0.15, -0.1) is 0 Å². The Morgan fingerprint density at radius 1 is 1.39 bits per heavy atom. The number of nitrogens with zero attached hydrogens (tertiary/aromatic N) is 1. The summed E-state index contributed by atoms with van der Waals surface area (Å²) in [5.74, 6) is -1.77. The summed E-state index contributed by atoms with van der Waals surface area (Å²) in [6.45, 7) is 0.164. The average Bonchev–Trinajstić information content (AvgIpc) is 2.11. The van der Waals surface area contributed by atoms with Gasteiger partial charge in [0.05, 0.1) is 0 Å². The first kappa shape index (κ1) is 17.1. The van der Waals surface area contributed by atoms with Crippen LogP contribution in [0, 0.1) is 5.92 Å². The van der Waals surface area contributed by atoms with Gasteiger partial charge in [0.1, 0.15) is 13.1 Å². The van der Waals surface area contributed by atoms with Gasteiger partial charge < -0.3 is 5.11 Å². The van der Waals surface area contributed by atoms with Crippen molar-refractivity contribution in [2.24, 2.45) is 5.92 Å². The van der Waals surface area contributed by atoms with Crippen LogP contribution in [0.3, 0.4) is 0 Å². The summed E-state index contributed by atoms with van der Waals surface area (Å²) >= 11 is 0. The van der Waals surface area contributed by atoms with E-state index in [0.29, 0.717) is 0 Å². The van der Waals surface area contributed by atoms with Crippen LogP contribution in [0.25, 0.3) is 0 Å². The third kappa shape index (κ3) is 7.45. The molecule has 0 bridgehead atoms. The quantitative estimate of drug-likeness (QED) is 0.712. The third-order valence-electron chi connectivity index (χ3n) is 1.68. The molecule has 0 radical (unpaired) electrons. The van der Waals surface area contributed by atoms with Crippen molar-refractivity contribution < 1.29 is 31.5 Å². The van der Waals surface area contributed by atoms with E-state index < -0.39 is 35.4 Å². The minimum Gasteiger partial charge on any atom is -0.480 e. The van der Waals surface area contributed by atoms with Gasteiger partial charge in [-0.25, -0.2) is 4.72 Å². The fraction of sp³-hybridized carbons (Fsp3) is 0.875. The van der Waals surface area contributed by atoms with Gasteiger partial charge in [0, 0.05) is 6.54 Å². The summed E-state index contributed by atoms with van der Waals surface area (Å²) in [6.07, 6.45) is -4.80. The molecule has 0 saturated heterocycles. The van der Waals surface area contributed by atoms with Gasteiger partial charge in [-0.3, -0.25) is 4.79 Å². The highest BCUT2D eigenvalue weighted by Gasteiger charge is 2.37. The molecule has 0 rings (SSSR count). The van der Waals surface area contributed by atoms with Gasteiger partial charge in [-0.1, -0.05) is 13.8 Å². The summed E-state index contributed by atoms with van der Waals surface area (Å²) in [6, 6.07) is 0. The van der Waals surface area contributed by atoms with Crippen molar-refractivity contribution in [3.05, 3.63) is 0 Å². The number of nitrogens with one attached hydrogen (secondary N) is 1. The fourth-order valence-electron chi connectivity index (χ4n) is 0.940. The van der Waals surface area contributed by atoms with E-state index in [1.54, 1.807) is 13.8 Å². The standard InChI is InChI=1S/C8H15F3N2O4S/c1-6(2)3-12-18(16,17)13(4-7(14)15)5-8(9,10)11/h6,12H,3-5H2,1-2H3,(H,14,15). The monoisotopic (exact) mass is 292 g/mol. The lowest BCUT2D eigenvalue weighted by molar-refractivity contribution is -0.146. The molecule has 0 aliphatic carbocycles. The van der Waals surface area contributed by atoms with E-state index >= 15 is 0 Å². The topological polar surface area (TPSA) is 86.7 Å². The molecule has 0 heterocycles. The molecule has 18 heavy (non-hydrogen) atoms. The van der Waals surface area contributed by atoms with E-state index in [1.807, 2.05) is 4.72 Å². The maximum atomic E-state index is 12.2. The molecule has 0 aliphatic heterocycles. The molecule has 0 aromatic rings. The minimum absolute atomic E-state index is 0.0731. The second-order valence-electron chi connectivity index (χ2n) is 4.02. The highest BCUT2D eigenvalue weighted by molar-refractivity contribution is 7.87. The molecule has 0 amide bonds. The molecule has 6 nitrogen and oxygen atoms in total. The van der Waals surface area contributed by atoms with E-state index in [-0.39, 0.29) is 16.8 Å². The van der Waals surface area contributed by atoms with Crippen LogP contribution in [-0.4, -0.2) is 49.6 Å². The lowest BCUT2D eigenvalue weighted by Crippen LogP contribution is -2.48. The number of carboxylic acid groups (broad SMARTS) is 1. The SMILES string of the molecule is CC(C)CNS(=O)(=O)N(CC(=O)O)CC(F)(F)F. The number of carboxylic acids is 1. The zero-order valence-electron chi connectivity index (χ0n) is 9.86. The molecule has 0 aliphatic rings. The predicted molar refractivity (Wildman–Crippen MR) is 57.0 cm³/mol. The Labute approximate surface area is 103 Å². The largest absolute Gasteiger partial charge is 0.480 e. The highest BCUT2D eigenvalue weighted by atomic mass is 32.2. The van der Waals surface area contributed by atoms with Gasteiger partial charge in [0.15, 0.2) is 0 Å². The summed E-state index contributed by atoms with van der Waals surface area (Å²) in [7, 11) is -4.46. The van der Waals surface area contributed by atoms with Gasteiger partial charge in [0.2, 0.25) is 0 Å². The first-order valence-electron chi connectivity index (χ1n) is 4.97. The number of halogens is 3. The van der Waals surface area contributed by atoms with E-state index in [9.17, 15) is 26.4 Å². The van der Waals surface area contributed by atoms with E-state index in [4.69, 9.17) is 5.11 Å². The van der Waals surface area contributed by atoms with Gasteiger partial charge in [-0.2, -0.15) is 25.9 Å². The zero-order chi connectivity index (χ0) is 14.6. The Morgan fingerprint density at radius 3 is 2.22 bits per heavy atom. The van der Waals surface area contributed by atoms with Gasteiger partial charge in [-0.05, 0) is 5.92 Å². The molecule has 0 spiro atoms. The number of hydrogen-bond donors (Lipinski definition) is 2. The van der Waals surface area contributed by atoms with Crippen molar-refractivity contribution in [1.29, 1.82) is 0 Å². The summed E-state index contributed by atoms with van der Waals surface area (Å²) in [5, 5.41) is 8.42. The first-order valence-corrected chi connectivity index (χ1v) is 6.41. The zero-order valence-corrected chi connectivity index (χ0v) is 10.7. The second-order valence-corrected chi connectivity index (χ2v) is 5.78.